The number of hydrogen-bond donors (Lipinski definition) is 0. The Hall–Kier alpha value is -3.58. The molecule has 0 spiro atoms. The van der Waals surface area contributed by atoms with Gasteiger partial charge in [0.15, 0.2) is 5.75 Å². The summed E-state index contributed by atoms with van der Waals surface area (Å²) in [7, 11) is -5.79. The highest BCUT2D eigenvalue weighted by atomic mass is 32.2. The van der Waals surface area contributed by atoms with E-state index in [9.17, 15) is 21.6 Å². The lowest BCUT2D eigenvalue weighted by molar-refractivity contribution is -0.0499. The molecule has 5 rings (SSSR count). The van der Waals surface area contributed by atoms with Crippen LogP contribution in [0.2, 0.25) is 0 Å². The van der Waals surface area contributed by atoms with E-state index in [0.29, 0.717) is 5.56 Å². The molecule has 32 heavy (non-hydrogen) atoms. The molecule has 0 amide bonds. The fourth-order valence-electron chi connectivity index (χ4n) is 4.02. The van der Waals surface area contributed by atoms with Gasteiger partial charge in [-0.05, 0) is 50.0 Å². The SMILES string of the molecule is O=S(=O)(Oc1ccccc1-c1ccc2c3ccccc3c3ccccc3c2c1)C(F)(F)F. The molecule has 0 saturated carbocycles. The Balaban J connectivity index is 1.76. The first-order chi connectivity index (χ1) is 15.3. The van der Waals surface area contributed by atoms with Gasteiger partial charge in [-0.2, -0.15) is 21.6 Å². The molecule has 0 saturated heterocycles. The molecule has 0 N–H and O–H groups in total. The Bertz CT molecular complexity index is 1570. The third-order valence-electron chi connectivity index (χ3n) is 5.43. The van der Waals surface area contributed by atoms with Crippen molar-refractivity contribution in [2.75, 3.05) is 0 Å². The minimum atomic E-state index is -5.79. The van der Waals surface area contributed by atoms with Gasteiger partial charge in [0.1, 0.15) is 0 Å². The number of fused-ring (bicyclic) bond motifs is 6. The van der Waals surface area contributed by atoms with Crippen LogP contribution in [0.3, 0.4) is 0 Å². The highest BCUT2D eigenvalue weighted by molar-refractivity contribution is 7.88. The molecule has 0 bridgehead atoms. The molecule has 0 aliphatic heterocycles. The van der Waals surface area contributed by atoms with Gasteiger partial charge < -0.3 is 4.18 Å². The van der Waals surface area contributed by atoms with E-state index >= 15 is 0 Å². The van der Waals surface area contributed by atoms with Crippen LogP contribution < -0.4 is 4.18 Å². The number of alkyl halides is 3. The van der Waals surface area contributed by atoms with Gasteiger partial charge in [-0.1, -0.05) is 78.9 Å². The Morgan fingerprint density at radius 3 is 1.62 bits per heavy atom. The number of halogens is 3. The maximum atomic E-state index is 12.9. The van der Waals surface area contributed by atoms with Gasteiger partial charge in [0.25, 0.3) is 0 Å². The van der Waals surface area contributed by atoms with Crippen LogP contribution in [-0.2, 0) is 10.1 Å². The van der Waals surface area contributed by atoms with Crippen molar-refractivity contribution in [1.82, 2.24) is 0 Å². The molecule has 0 radical (unpaired) electrons. The zero-order valence-corrected chi connectivity index (χ0v) is 17.2. The van der Waals surface area contributed by atoms with E-state index in [0.717, 1.165) is 32.3 Å². The van der Waals surface area contributed by atoms with E-state index in [1.54, 1.807) is 12.1 Å². The minimum absolute atomic E-state index is 0.250. The zero-order chi connectivity index (χ0) is 22.5. The van der Waals surface area contributed by atoms with Gasteiger partial charge in [-0.3, -0.25) is 0 Å². The third kappa shape index (κ3) is 3.26. The molecule has 0 aliphatic rings. The lowest BCUT2D eigenvalue weighted by Gasteiger charge is -2.15. The van der Waals surface area contributed by atoms with Crippen LogP contribution in [0.1, 0.15) is 0 Å². The van der Waals surface area contributed by atoms with Crippen LogP contribution in [0, 0.1) is 0 Å². The van der Waals surface area contributed by atoms with Crippen LogP contribution in [0.25, 0.3) is 43.4 Å². The van der Waals surface area contributed by atoms with Crippen molar-refractivity contribution >= 4 is 42.4 Å². The van der Waals surface area contributed by atoms with Crippen LogP contribution in [0.4, 0.5) is 13.2 Å². The molecule has 0 aliphatic carbocycles. The van der Waals surface area contributed by atoms with Crippen molar-refractivity contribution in [3.05, 3.63) is 91.0 Å². The Labute approximate surface area is 181 Å². The van der Waals surface area contributed by atoms with E-state index in [4.69, 9.17) is 0 Å². The summed E-state index contributed by atoms with van der Waals surface area (Å²) in [6.45, 7) is 0. The lowest BCUT2D eigenvalue weighted by atomic mass is 9.92. The average molecular weight is 452 g/mol. The fraction of sp³-hybridized carbons (Fsp3) is 0.0400. The van der Waals surface area contributed by atoms with Crippen molar-refractivity contribution in [2.24, 2.45) is 0 Å². The summed E-state index contributed by atoms with van der Waals surface area (Å²) in [5.41, 5.74) is -4.72. The average Bonchev–Trinajstić information content (AvgIpc) is 2.78. The van der Waals surface area contributed by atoms with Crippen LogP contribution in [0.5, 0.6) is 5.75 Å². The molecule has 5 aromatic rings. The molecular weight excluding hydrogens is 437 g/mol. The molecule has 7 heteroatoms. The smallest absolute Gasteiger partial charge is 0.375 e. The Kier molecular flexibility index (Phi) is 4.60. The summed E-state index contributed by atoms with van der Waals surface area (Å²) in [4.78, 5) is 0. The molecule has 0 heterocycles. The topological polar surface area (TPSA) is 43.4 Å². The van der Waals surface area contributed by atoms with Crippen molar-refractivity contribution in [3.8, 4) is 16.9 Å². The molecule has 3 nitrogen and oxygen atoms in total. The van der Waals surface area contributed by atoms with E-state index in [-0.39, 0.29) is 11.3 Å². The van der Waals surface area contributed by atoms with Gasteiger partial charge >= 0.3 is 15.6 Å². The summed E-state index contributed by atoms with van der Waals surface area (Å²) >= 11 is 0. The number of rotatable bonds is 3. The number of benzene rings is 5. The molecule has 160 valence electrons. The van der Waals surface area contributed by atoms with Gasteiger partial charge in [0.2, 0.25) is 0 Å². The number of para-hydroxylation sites is 1. The molecule has 0 unspecified atom stereocenters. The van der Waals surface area contributed by atoms with Crippen LogP contribution in [-0.4, -0.2) is 13.9 Å². The first kappa shape index (κ1) is 20.3. The zero-order valence-electron chi connectivity index (χ0n) is 16.4. The standard InChI is InChI=1S/C25H15F3O3S/c26-25(27,28)32(29,30)31-24-12-6-5-7-17(24)16-13-14-22-20-10-2-1-8-18(20)19-9-3-4-11-21(19)23(22)15-16/h1-15H. The minimum Gasteiger partial charge on any atom is -0.375 e. The molecular formula is C25H15F3O3S. The van der Waals surface area contributed by atoms with Gasteiger partial charge in [-0.25, -0.2) is 0 Å². The third-order valence-corrected chi connectivity index (χ3v) is 6.39. The molecule has 0 atom stereocenters. The highest BCUT2D eigenvalue weighted by Crippen LogP contribution is 2.39. The van der Waals surface area contributed by atoms with Crippen LogP contribution >= 0.6 is 0 Å². The van der Waals surface area contributed by atoms with Crippen molar-refractivity contribution in [3.63, 3.8) is 0 Å². The second kappa shape index (κ2) is 7.24. The van der Waals surface area contributed by atoms with E-state index in [1.807, 2.05) is 54.6 Å². The van der Waals surface area contributed by atoms with Gasteiger partial charge in [0.05, 0.1) is 0 Å². The van der Waals surface area contributed by atoms with Crippen molar-refractivity contribution < 1.29 is 25.8 Å². The van der Waals surface area contributed by atoms with E-state index < -0.39 is 15.6 Å². The summed E-state index contributed by atoms with van der Waals surface area (Å²) in [6, 6.07) is 27.2. The second-order valence-electron chi connectivity index (χ2n) is 7.33. The normalized spacial score (nSPS) is 12.5. The second-order valence-corrected chi connectivity index (χ2v) is 8.87. The summed E-state index contributed by atoms with van der Waals surface area (Å²) in [6.07, 6.45) is 0. The summed E-state index contributed by atoms with van der Waals surface area (Å²) in [5.74, 6) is -0.380. The van der Waals surface area contributed by atoms with Gasteiger partial charge in [-0.15, -0.1) is 0 Å². The Morgan fingerprint density at radius 1 is 0.594 bits per heavy atom. The Morgan fingerprint density at radius 2 is 1.06 bits per heavy atom. The van der Waals surface area contributed by atoms with E-state index in [2.05, 4.69) is 10.2 Å². The molecule has 5 aromatic carbocycles. The van der Waals surface area contributed by atoms with Crippen molar-refractivity contribution in [2.45, 2.75) is 5.51 Å². The maximum absolute atomic E-state index is 12.9. The van der Waals surface area contributed by atoms with Crippen LogP contribution in [0.15, 0.2) is 91.0 Å². The fourth-order valence-corrected chi connectivity index (χ4v) is 4.49. The van der Waals surface area contributed by atoms with Crippen molar-refractivity contribution in [1.29, 1.82) is 0 Å². The predicted octanol–water partition coefficient (Wildman–Crippen LogP) is 7.04. The highest BCUT2D eigenvalue weighted by Gasteiger charge is 2.48. The summed E-state index contributed by atoms with van der Waals surface area (Å²) in [5, 5.41) is 6.09. The first-order valence-corrected chi connectivity index (χ1v) is 11.1. The predicted molar refractivity (Wildman–Crippen MR) is 120 cm³/mol. The lowest BCUT2D eigenvalue weighted by Crippen LogP contribution is -2.28. The maximum Gasteiger partial charge on any atom is 0.534 e. The monoisotopic (exact) mass is 452 g/mol. The summed E-state index contributed by atoms with van der Waals surface area (Å²) < 4.78 is 66.3. The van der Waals surface area contributed by atoms with Gasteiger partial charge in [0, 0.05) is 5.56 Å². The molecule has 0 aromatic heterocycles. The van der Waals surface area contributed by atoms with E-state index in [1.165, 1.54) is 18.2 Å². The molecule has 0 fully saturated rings. The largest absolute Gasteiger partial charge is 0.534 e. The quantitative estimate of drug-likeness (QED) is 0.167. The number of hydrogen-bond acceptors (Lipinski definition) is 3. The first-order valence-electron chi connectivity index (χ1n) is 9.70.